The van der Waals surface area contributed by atoms with E-state index in [0.29, 0.717) is 24.5 Å². The maximum Gasteiger partial charge on any atom is 0.130 e. The zero-order valence-corrected chi connectivity index (χ0v) is 14.3. The van der Waals surface area contributed by atoms with Crippen molar-refractivity contribution in [2.24, 2.45) is 5.41 Å². The van der Waals surface area contributed by atoms with E-state index in [2.05, 4.69) is 15.2 Å². The van der Waals surface area contributed by atoms with Crippen LogP contribution in [-0.2, 0) is 13.1 Å². The van der Waals surface area contributed by atoms with Gasteiger partial charge in [-0.3, -0.25) is 4.90 Å². The first kappa shape index (κ1) is 16.1. The molecule has 1 unspecified atom stereocenters. The third kappa shape index (κ3) is 3.10. The number of piperidine rings is 1. The summed E-state index contributed by atoms with van der Waals surface area (Å²) >= 11 is 1.60. The number of halogens is 2. The van der Waals surface area contributed by atoms with Crippen LogP contribution in [0.25, 0.3) is 0 Å². The van der Waals surface area contributed by atoms with E-state index >= 15 is 0 Å². The summed E-state index contributed by atoms with van der Waals surface area (Å²) in [4.78, 5) is 6.59. The zero-order valence-electron chi connectivity index (χ0n) is 13.5. The van der Waals surface area contributed by atoms with E-state index in [1.807, 2.05) is 5.38 Å². The molecule has 3 nitrogen and oxygen atoms in total. The lowest BCUT2D eigenvalue weighted by Crippen LogP contribution is -2.36. The number of hydrogen-bond acceptors (Lipinski definition) is 4. The van der Waals surface area contributed by atoms with Gasteiger partial charge < -0.3 is 5.32 Å². The fourth-order valence-corrected chi connectivity index (χ4v) is 4.61. The van der Waals surface area contributed by atoms with Crippen LogP contribution in [0.1, 0.15) is 29.8 Å². The molecule has 1 aliphatic carbocycles. The molecule has 1 saturated heterocycles. The molecule has 6 heteroatoms. The Balaban J connectivity index is 1.57. The van der Waals surface area contributed by atoms with Gasteiger partial charge in [-0.15, -0.1) is 11.3 Å². The highest BCUT2D eigenvalue weighted by Gasteiger charge is 2.56. The second kappa shape index (κ2) is 6.50. The van der Waals surface area contributed by atoms with Gasteiger partial charge in [0.05, 0.1) is 6.54 Å². The summed E-state index contributed by atoms with van der Waals surface area (Å²) in [5, 5.41) is 6.36. The molecule has 128 valence electrons. The van der Waals surface area contributed by atoms with Crippen LogP contribution in [0.3, 0.4) is 0 Å². The van der Waals surface area contributed by atoms with Crippen molar-refractivity contribution >= 4 is 11.3 Å². The van der Waals surface area contributed by atoms with Crippen LogP contribution >= 0.6 is 11.3 Å². The quantitative estimate of drug-likeness (QED) is 0.894. The van der Waals surface area contributed by atoms with Crippen LogP contribution < -0.4 is 5.32 Å². The van der Waals surface area contributed by atoms with E-state index < -0.39 is 11.6 Å². The van der Waals surface area contributed by atoms with Crippen LogP contribution in [0.15, 0.2) is 29.8 Å². The number of nitrogens with zero attached hydrogens (tertiary/aromatic N) is 2. The van der Waals surface area contributed by atoms with Crippen molar-refractivity contribution in [3.63, 3.8) is 0 Å². The average molecular weight is 349 g/mol. The van der Waals surface area contributed by atoms with Crippen LogP contribution in [0, 0.1) is 17.0 Å². The third-order valence-electron chi connectivity index (χ3n) is 5.43. The molecule has 1 spiro atoms. The Bertz CT molecular complexity index is 678. The molecule has 2 fully saturated rings. The maximum atomic E-state index is 14.1. The van der Waals surface area contributed by atoms with Crippen molar-refractivity contribution in [2.45, 2.75) is 38.4 Å². The average Bonchev–Trinajstić information content (AvgIpc) is 3.02. The van der Waals surface area contributed by atoms with Gasteiger partial charge in [-0.2, -0.15) is 0 Å². The maximum absolute atomic E-state index is 14.1. The summed E-state index contributed by atoms with van der Waals surface area (Å²) in [7, 11) is 0. The largest absolute Gasteiger partial charge is 0.317 e. The van der Waals surface area contributed by atoms with E-state index in [9.17, 15) is 8.78 Å². The van der Waals surface area contributed by atoms with Gasteiger partial charge >= 0.3 is 0 Å². The van der Waals surface area contributed by atoms with Gasteiger partial charge in [0.15, 0.2) is 0 Å². The Labute approximate surface area is 144 Å². The summed E-state index contributed by atoms with van der Waals surface area (Å²) in [6.45, 7) is 3.04. The van der Waals surface area contributed by atoms with E-state index in [4.69, 9.17) is 0 Å². The van der Waals surface area contributed by atoms with Crippen molar-refractivity contribution in [1.82, 2.24) is 15.2 Å². The van der Waals surface area contributed by atoms with E-state index in [1.165, 1.54) is 18.2 Å². The highest BCUT2D eigenvalue weighted by atomic mass is 32.1. The molecule has 2 aromatic rings. The number of hydrogen-bond donors (Lipinski definition) is 1. The van der Waals surface area contributed by atoms with E-state index in [0.717, 1.165) is 37.4 Å². The lowest BCUT2D eigenvalue weighted by molar-refractivity contribution is 0.183. The molecule has 2 heterocycles. The standard InChI is InChI=1S/C18H21F2N3S/c19-14-2-1-3-15(20)13(14)11-23(12-17-22-8-9-24-17)16-10-18(16)4-6-21-7-5-18/h1-3,8-9,16,21H,4-7,10-12H2. The fraction of sp³-hybridized carbons (Fsp3) is 0.500. The molecular formula is C18H21F2N3S. The van der Waals surface area contributed by atoms with Gasteiger partial charge in [0.1, 0.15) is 16.6 Å². The minimum Gasteiger partial charge on any atom is -0.317 e. The number of aromatic nitrogens is 1. The van der Waals surface area contributed by atoms with Gasteiger partial charge in [0.2, 0.25) is 0 Å². The molecule has 1 atom stereocenters. The molecule has 2 aliphatic rings. The molecule has 0 bridgehead atoms. The summed E-state index contributed by atoms with van der Waals surface area (Å²) in [6, 6.07) is 4.49. The summed E-state index contributed by atoms with van der Waals surface area (Å²) in [5.74, 6) is -0.918. The fourth-order valence-electron chi connectivity index (χ4n) is 3.97. The Morgan fingerprint density at radius 2 is 1.96 bits per heavy atom. The lowest BCUT2D eigenvalue weighted by Gasteiger charge is -2.29. The monoisotopic (exact) mass is 349 g/mol. The SMILES string of the molecule is Fc1cccc(F)c1CN(Cc1nccs1)C1CC12CCNCC2. The van der Waals surface area contributed by atoms with Crippen molar-refractivity contribution in [2.75, 3.05) is 13.1 Å². The Kier molecular flexibility index (Phi) is 4.37. The van der Waals surface area contributed by atoms with Crippen LogP contribution in [0.4, 0.5) is 8.78 Å². The molecule has 1 N–H and O–H groups in total. The van der Waals surface area contributed by atoms with Crippen molar-refractivity contribution < 1.29 is 8.78 Å². The van der Waals surface area contributed by atoms with Crippen LogP contribution in [0.2, 0.25) is 0 Å². The molecule has 1 aromatic carbocycles. The third-order valence-corrected chi connectivity index (χ3v) is 6.20. The number of thiazole rings is 1. The zero-order chi connectivity index (χ0) is 16.6. The minimum absolute atomic E-state index is 0.171. The topological polar surface area (TPSA) is 28.2 Å². The molecule has 24 heavy (non-hydrogen) atoms. The van der Waals surface area contributed by atoms with E-state index in [-0.39, 0.29) is 5.56 Å². The van der Waals surface area contributed by atoms with Gasteiger partial charge in [-0.05, 0) is 49.9 Å². The highest BCUT2D eigenvalue weighted by molar-refractivity contribution is 7.09. The molecule has 0 amide bonds. The first-order valence-electron chi connectivity index (χ1n) is 8.44. The molecule has 1 saturated carbocycles. The Morgan fingerprint density at radius 1 is 1.21 bits per heavy atom. The van der Waals surface area contributed by atoms with Gasteiger partial charge in [0.25, 0.3) is 0 Å². The van der Waals surface area contributed by atoms with Crippen LogP contribution in [-0.4, -0.2) is 29.0 Å². The van der Waals surface area contributed by atoms with Gasteiger partial charge in [-0.25, -0.2) is 13.8 Å². The molecule has 0 radical (unpaired) electrons. The predicted octanol–water partition coefficient (Wildman–Crippen LogP) is 3.57. The summed E-state index contributed by atoms with van der Waals surface area (Å²) in [5.41, 5.74) is 0.495. The highest BCUT2D eigenvalue weighted by Crippen LogP contribution is 2.56. The summed E-state index contributed by atoms with van der Waals surface area (Å²) in [6.07, 6.45) is 5.20. The molecular weight excluding hydrogens is 328 g/mol. The second-order valence-electron chi connectivity index (χ2n) is 6.86. The van der Waals surface area contributed by atoms with Crippen molar-refractivity contribution in [3.05, 3.63) is 52.0 Å². The molecule has 1 aliphatic heterocycles. The van der Waals surface area contributed by atoms with Crippen molar-refractivity contribution in [1.29, 1.82) is 0 Å². The smallest absolute Gasteiger partial charge is 0.130 e. The summed E-state index contributed by atoms with van der Waals surface area (Å²) < 4.78 is 28.2. The Hall–Kier alpha value is -1.37. The van der Waals surface area contributed by atoms with Gasteiger partial charge in [0, 0.05) is 29.7 Å². The number of benzene rings is 1. The predicted molar refractivity (Wildman–Crippen MR) is 90.7 cm³/mol. The number of nitrogens with one attached hydrogen (secondary N) is 1. The first-order chi connectivity index (χ1) is 11.7. The second-order valence-corrected chi connectivity index (χ2v) is 7.84. The number of rotatable bonds is 5. The van der Waals surface area contributed by atoms with Crippen LogP contribution in [0.5, 0.6) is 0 Å². The Morgan fingerprint density at radius 3 is 2.62 bits per heavy atom. The molecule has 1 aromatic heterocycles. The van der Waals surface area contributed by atoms with Gasteiger partial charge in [-0.1, -0.05) is 6.07 Å². The minimum atomic E-state index is -0.459. The van der Waals surface area contributed by atoms with E-state index in [1.54, 1.807) is 17.5 Å². The lowest BCUT2D eigenvalue weighted by atomic mass is 9.93. The first-order valence-corrected chi connectivity index (χ1v) is 9.32. The molecule has 4 rings (SSSR count). The normalized spacial score (nSPS) is 22.2. The van der Waals surface area contributed by atoms with Crippen molar-refractivity contribution in [3.8, 4) is 0 Å².